The Hall–Kier alpha value is -3.64. The molecule has 9 heteroatoms. The molecule has 8 nitrogen and oxygen atoms in total. The molecule has 0 saturated heterocycles. The fraction of sp³-hybridized carbons (Fsp3) is 0.444. The predicted octanol–water partition coefficient (Wildman–Crippen LogP) is 3.37. The molecule has 2 N–H and O–H groups in total. The third-order valence-electron chi connectivity index (χ3n) is 6.42. The first kappa shape index (κ1) is 25.5. The molecular weight excluding hydrogens is 463 g/mol. The highest BCUT2D eigenvalue weighted by atomic mass is 19.1. The van der Waals surface area contributed by atoms with Gasteiger partial charge in [0, 0.05) is 42.9 Å². The number of aromatic nitrogens is 1. The predicted molar refractivity (Wildman–Crippen MR) is 133 cm³/mol. The van der Waals surface area contributed by atoms with Crippen LogP contribution in [0.1, 0.15) is 42.6 Å². The number of hydrogen-bond donors (Lipinski definition) is 2. The third kappa shape index (κ3) is 6.13. The first-order valence-electron chi connectivity index (χ1n) is 12.1. The molecule has 1 saturated carbocycles. The van der Waals surface area contributed by atoms with Crippen molar-refractivity contribution in [2.45, 2.75) is 38.8 Å². The molecule has 3 atom stereocenters. The lowest BCUT2D eigenvalue weighted by Gasteiger charge is -2.37. The van der Waals surface area contributed by atoms with E-state index in [1.165, 1.54) is 29.2 Å². The number of rotatable bonds is 5. The molecule has 36 heavy (non-hydrogen) atoms. The van der Waals surface area contributed by atoms with E-state index in [1.807, 2.05) is 6.92 Å². The average Bonchev–Trinajstić information content (AvgIpc) is 3.70. The molecule has 190 valence electrons. The number of amides is 3. The Kier molecular flexibility index (Phi) is 7.75. The quantitative estimate of drug-likeness (QED) is 0.622. The Morgan fingerprint density at radius 3 is 2.75 bits per heavy atom. The van der Waals surface area contributed by atoms with Gasteiger partial charge in [-0.25, -0.2) is 14.2 Å². The number of halogens is 1. The number of nitrogens with one attached hydrogen (secondary N) is 1. The minimum absolute atomic E-state index is 0.173. The van der Waals surface area contributed by atoms with Crippen molar-refractivity contribution in [2.75, 3.05) is 32.1 Å². The molecule has 1 aromatic carbocycles. The van der Waals surface area contributed by atoms with E-state index in [-0.39, 0.29) is 48.3 Å². The highest BCUT2D eigenvalue weighted by molar-refractivity contribution is 5.97. The SMILES string of the molecule is C[C@@H]1CN([C@@H](C)CO)C(=O)c2cc(C#CC3CC3)cnc2O[C@H]1CN(C)C(=O)Nc1ccc(F)cc1. The fourth-order valence-corrected chi connectivity index (χ4v) is 3.91. The molecule has 0 spiro atoms. The zero-order valence-corrected chi connectivity index (χ0v) is 20.7. The molecule has 1 fully saturated rings. The van der Waals surface area contributed by atoms with Crippen LogP contribution in [-0.4, -0.2) is 70.7 Å². The first-order valence-corrected chi connectivity index (χ1v) is 12.1. The van der Waals surface area contributed by atoms with Crippen LogP contribution in [0.2, 0.25) is 0 Å². The van der Waals surface area contributed by atoms with E-state index in [0.717, 1.165) is 12.8 Å². The summed E-state index contributed by atoms with van der Waals surface area (Å²) in [6.45, 7) is 4.08. The van der Waals surface area contributed by atoms with Crippen molar-refractivity contribution in [3.05, 3.63) is 53.5 Å². The van der Waals surface area contributed by atoms with Crippen molar-refractivity contribution >= 4 is 17.6 Å². The van der Waals surface area contributed by atoms with Gasteiger partial charge in [-0.3, -0.25) is 4.79 Å². The maximum absolute atomic E-state index is 13.4. The number of carbonyl (C=O) groups excluding carboxylic acids is 2. The number of anilines is 1. The van der Waals surface area contributed by atoms with Crippen LogP contribution < -0.4 is 10.1 Å². The number of hydrogen-bond acceptors (Lipinski definition) is 5. The van der Waals surface area contributed by atoms with Crippen LogP contribution in [0.25, 0.3) is 0 Å². The summed E-state index contributed by atoms with van der Waals surface area (Å²) in [5.41, 5.74) is 1.39. The van der Waals surface area contributed by atoms with Gasteiger partial charge in [-0.15, -0.1) is 0 Å². The van der Waals surface area contributed by atoms with Crippen molar-refractivity contribution in [2.24, 2.45) is 11.8 Å². The molecule has 3 amide bonds. The molecule has 2 heterocycles. The zero-order chi connectivity index (χ0) is 25.8. The second-order valence-electron chi connectivity index (χ2n) is 9.56. The summed E-state index contributed by atoms with van der Waals surface area (Å²) in [6.07, 6.45) is 3.30. The van der Waals surface area contributed by atoms with Gasteiger partial charge in [-0.2, -0.15) is 0 Å². The first-order chi connectivity index (χ1) is 17.2. The molecule has 0 radical (unpaired) electrons. The van der Waals surface area contributed by atoms with E-state index in [1.54, 1.807) is 31.1 Å². The summed E-state index contributed by atoms with van der Waals surface area (Å²) in [4.78, 5) is 33.7. The average molecular weight is 495 g/mol. The summed E-state index contributed by atoms with van der Waals surface area (Å²) in [5.74, 6) is 6.02. The lowest BCUT2D eigenvalue weighted by Crippen LogP contribution is -2.50. The van der Waals surface area contributed by atoms with E-state index in [4.69, 9.17) is 4.74 Å². The van der Waals surface area contributed by atoms with Crippen LogP contribution in [-0.2, 0) is 0 Å². The number of aliphatic hydroxyl groups excluding tert-OH is 1. The zero-order valence-electron chi connectivity index (χ0n) is 20.7. The van der Waals surface area contributed by atoms with E-state index in [0.29, 0.717) is 23.7 Å². The lowest BCUT2D eigenvalue weighted by atomic mass is 10.00. The maximum Gasteiger partial charge on any atom is 0.321 e. The number of benzene rings is 1. The number of likely N-dealkylation sites (N-methyl/N-ethyl adjacent to an activating group) is 1. The highest BCUT2D eigenvalue weighted by Gasteiger charge is 2.34. The third-order valence-corrected chi connectivity index (χ3v) is 6.42. The van der Waals surface area contributed by atoms with Gasteiger partial charge in [0.1, 0.15) is 17.5 Å². The second-order valence-corrected chi connectivity index (χ2v) is 9.56. The minimum atomic E-state index is -0.481. The van der Waals surface area contributed by atoms with Crippen molar-refractivity contribution in [3.63, 3.8) is 0 Å². The number of urea groups is 1. The Bertz CT molecular complexity index is 1170. The topological polar surface area (TPSA) is 95.0 Å². The number of carbonyl (C=O) groups is 2. The van der Waals surface area contributed by atoms with Crippen molar-refractivity contribution in [1.29, 1.82) is 0 Å². The van der Waals surface area contributed by atoms with E-state index >= 15 is 0 Å². The molecule has 4 rings (SSSR count). The number of pyridine rings is 1. The monoisotopic (exact) mass is 494 g/mol. The fourth-order valence-electron chi connectivity index (χ4n) is 3.91. The Labute approximate surface area is 210 Å². The van der Waals surface area contributed by atoms with Gasteiger partial charge < -0.3 is 25.0 Å². The second kappa shape index (κ2) is 11.0. The number of aliphatic hydroxyl groups is 1. The van der Waals surface area contributed by atoms with Gasteiger partial charge in [0.15, 0.2) is 0 Å². The number of fused-ring (bicyclic) bond motifs is 1. The van der Waals surface area contributed by atoms with Crippen LogP contribution in [0.15, 0.2) is 36.5 Å². The molecule has 1 aliphatic carbocycles. The van der Waals surface area contributed by atoms with Crippen LogP contribution in [0.5, 0.6) is 5.88 Å². The summed E-state index contributed by atoms with van der Waals surface area (Å²) in [7, 11) is 1.64. The summed E-state index contributed by atoms with van der Waals surface area (Å²) >= 11 is 0. The maximum atomic E-state index is 13.4. The van der Waals surface area contributed by atoms with E-state index < -0.39 is 12.1 Å². The van der Waals surface area contributed by atoms with Crippen LogP contribution >= 0.6 is 0 Å². The van der Waals surface area contributed by atoms with Gasteiger partial charge in [0.2, 0.25) is 5.88 Å². The normalized spacial score (nSPS) is 20.1. The number of nitrogens with zero attached hydrogens (tertiary/aromatic N) is 3. The van der Waals surface area contributed by atoms with E-state index in [2.05, 4.69) is 22.1 Å². The molecule has 2 aliphatic rings. The van der Waals surface area contributed by atoms with Gasteiger partial charge in [-0.1, -0.05) is 18.8 Å². The lowest BCUT2D eigenvalue weighted by molar-refractivity contribution is 0.0356. The Morgan fingerprint density at radius 2 is 2.08 bits per heavy atom. The Morgan fingerprint density at radius 1 is 1.36 bits per heavy atom. The molecule has 1 aliphatic heterocycles. The van der Waals surface area contributed by atoms with Crippen molar-refractivity contribution in [1.82, 2.24) is 14.8 Å². The van der Waals surface area contributed by atoms with Gasteiger partial charge in [0.25, 0.3) is 5.91 Å². The van der Waals surface area contributed by atoms with Crippen molar-refractivity contribution < 1.29 is 23.8 Å². The van der Waals surface area contributed by atoms with E-state index in [9.17, 15) is 19.1 Å². The standard InChI is InChI=1S/C27H31FN4O4/c1-17-14-32(18(2)16-33)26(34)23-12-20(7-6-19-4-5-19)13-29-25(23)36-24(17)15-31(3)27(35)30-22-10-8-21(28)9-11-22/h8-13,17-19,24,33H,4-5,14-16H2,1-3H3,(H,30,35)/t17-,18+,24+/m1/s1. The Balaban J connectivity index is 1.57. The summed E-state index contributed by atoms with van der Waals surface area (Å²) in [5, 5.41) is 12.5. The minimum Gasteiger partial charge on any atom is -0.472 e. The largest absolute Gasteiger partial charge is 0.472 e. The van der Waals surface area contributed by atoms with Crippen molar-refractivity contribution in [3.8, 4) is 17.7 Å². The molecule has 0 unspecified atom stereocenters. The van der Waals surface area contributed by atoms with Gasteiger partial charge in [-0.05, 0) is 50.1 Å². The summed E-state index contributed by atoms with van der Waals surface area (Å²) in [6, 6.07) is 6.42. The molecule has 1 aromatic heterocycles. The molecule has 0 bridgehead atoms. The van der Waals surface area contributed by atoms with Gasteiger partial charge in [0.05, 0.1) is 19.2 Å². The molecular formula is C27H31FN4O4. The van der Waals surface area contributed by atoms with Crippen LogP contribution in [0.4, 0.5) is 14.9 Å². The van der Waals surface area contributed by atoms with Crippen LogP contribution in [0, 0.1) is 29.5 Å². The molecule has 2 aromatic rings. The van der Waals surface area contributed by atoms with Gasteiger partial charge >= 0.3 is 6.03 Å². The number of ether oxygens (including phenoxy) is 1. The highest BCUT2D eigenvalue weighted by Crippen LogP contribution is 2.29. The summed E-state index contributed by atoms with van der Waals surface area (Å²) < 4.78 is 19.4. The van der Waals surface area contributed by atoms with Crippen LogP contribution in [0.3, 0.4) is 0 Å². The smallest absolute Gasteiger partial charge is 0.321 e.